The lowest BCUT2D eigenvalue weighted by atomic mass is 10.1. The number of benzene rings is 2. The highest BCUT2D eigenvalue weighted by Gasteiger charge is 2.20. The standard InChI is InChI=1S/C22H17ClN4O2/c1-13-19-20(23)18(22(29)25-16-8-6-7-15(11-16)14(2)28)12-24-21(19)27(26-13)17-9-4-3-5-10-17/h3-12H,1-2H3,(H,25,29). The van der Waals surface area contributed by atoms with E-state index in [1.807, 2.05) is 37.3 Å². The van der Waals surface area contributed by atoms with Gasteiger partial charge in [-0.05, 0) is 38.1 Å². The molecule has 0 radical (unpaired) electrons. The maximum absolute atomic E-state index is 12.8. The molecule has 0 saturated carbocycles. The molecule has 0 unspecified atom stereocenters. The number of hydrogen-bond acceptors (Lipinski definition) is 4. The monoisotopic (exact) mass is 404 g/mol. The maximum atomic E-state index is 12.8. The van der Waals surface area contributed by atoms with Crippen molar-refractivity contribution in [1.29, 1.82) is 0 Å². The number of pyridine rings is 1. The third-order valence-corrected chi connectivity index (χ3v) is 4.97. The molecule has 0 fully saturated rings. The molecule has 6 nitrogen and oxygen atoms in total. The van der Waals surface area contributed by atoms with Gasteiger partial charge in [0, 0.05) is 17.4 Å². The minimum atomic E-state index is -0.406. The number of carbonyl (C=O) groups excluding carboxylic acids is 2. The largest absolute Gasteiger partial charge is 0.322 e. The van der Waals surface area contributed by atoms with Gasteiger partial charge in [-0.15, -0.1) is 0 Å². The minimum Gasteiger partial charge on any atom is -0.322 e. The van der Waals surface area contributed by atoms with Crippen LogP contribution in [0.2, 0.25) is 5.02 Å². The van der Waals surface area contributed by atoms with Gasteiger partial charge in [-0.25, -0.2) is 9.67 Å². The number of nitrogens with zero attached hydrogens (tertiary/aromatic N) is 3. The average molecular weight is 405 g/mol. The quantitative estimate of drug-likeness (QED) is 0.494. The van der Waals surface area contributed by atoms with E-state index in [1.165, 1.54) is 13.1 Å². The number of anilines is 1. The molecule has 1 N–H and O–H groups in total. The molecule has 4 aromatic rings. The average Bonchev–Trinajstić information content (AvgIpc) is 3.06. The van der Waals surface area contributed by atoms with Crippen molar-refractivity contribution in [1.82, 2.24) is 14.8 Å². The lowest BCUT2D eigenvalue weighted by Crippen LogP contribution is -2.13. The van der Waals surface area contributed by atoms with E-state index in [-0.39, 0.29) is 16.4 Å². The Balaban J connectivity index is 1.73. The number of rotatable bonds is 4. The number of halogens is 1. The van der Waals surface area contributed by atoms with Gasteiger partial charge in [0.05, 0.1) is 27.4 Å². The van der Waals surface area contributed by atoms with Crippen LogP contribution in [-0.2, 0) is 0 Å². The predicted octanol–water partition coefficient (Wildman–Crippen LogP) is 4.84. The van der Waals surface area contributed by atoms with Crippen LogP contribution in [-0.4, -0.2) is 26.5 Å². The van der Waals surface area contributed by atoms with Crippen molar-refractivity contribution in [2.24, 2.45) is 0 Å². The Labute approximate surface area is 172 Å². The zero-order chi connectivity index (χ0) is 20.5. The molecule has 2 heterocycles. The highest BCUT2D eigenvalue weighted by Crippen LogP contribution is 2.30. The summed E-state index contributed by atoms with van der Waals surface area (Å²) in [7, 11) is 0. The van der Waals surface area contributed by atoms with Crippen molar-refractivity contribution in [3.8, 4) is 5.69 Å². The van der Waals surface area contributed by atoms with Crippen molar-refractivity contribution in [2.45, 2.75) is 13.8 Å². The Morgan fingerprint density at radius 2 is 1.83 bits per heavy atom. The fourth-order valence-electron chi connectivity index (χ4n) is 3.13. The molecule has 0 atom stereocenters. The van der Waals surface area contributed by atoms with E-state index in [9.17, 15) is 9.59 Å². The van der Waals surface area contributed by atoms with Crippen molar-refractivity contribution in [3.63, 3.8) is 0 Å². The number of amides is 1. The van der Waals surface area contributed by atoms with E-state index in [0.29, 0.717) is 28.0 Å². The molecule has 0 aliphatic rings. The summed E-state index contributed by atoms with van der Waals surface area (Å²) in [5.74, 6) is -0.483. The second-order valence-corrected chi connectivity index (χ2v) is 6.99. The number of aryl methyl sites for hydroxylation is 1. The van der Waals surface area contributed by atoms with Gasteiger partial charge in [0.25, 0.3) is 5.91 Å². The molecule has 0 bridgehead atoms. The van der Waals surface area contributed by atoms with E-state index in [4.69, 9.17) is 11.6 Å². The van der Waals surface area contributed by atoms with Crippen LogP contribution in [0.4, 0.5) is 5.69 Å². The van der Waals surface area contributed by atoms with Crippen LogP contribution in [0.5, 0.6) is 0 Å². The first-order chi connectivity index (χ1) is 14.0. The van der Waals surface area contributed by atoms with Gasteiger partial charge >= 0.3 is 0 Å². The van der Waals surface area contributed by atoms with Gasteiger partial charge in [0.2, 0.25) is 0 Å². The van der Waals surface area contributed by atoms with Crippen LogP contribution in [0.3, 0.4) is 0 Å². The van der Waals surface area contributed by atoms with Crippen LogP contribution < -0.4 is 5.32 Å². The summed E-state index contributed by atoms with van der Waals surface area (Å²) in [6.07, 6.45) is 1.44. The summed E-state index contributed by atoms with van der Waals surface area (Å²) < 4.78 is 1.70. The second kappa shape index (κ2) is 7.48. The van der Waals surface area contributed by atoms with Crippen LogP contribution >= 0.6 is 11.6 Å². The molecule has 29 heavy (non-hydrogen) atoms. The van der Waals surface area contributed by atoms with E-state index in [2.05, 4.69) is 15.4 Å². The number of carbonyl (C=O) groups is 2. The zero-order valence-electron chi connectivity index (χ0n) is 15.8. The molecule has 0 saturated heterocycles. The maximum Gasteiger partial charge on any atom is 0.258 e. The molecular formula is C22H17ClN4O2. The fourth-order valence-corrected chi connectivity index (χ4v) is 3.49. The first-order valence-electron chi connectivity index (χ1n) is 8.97. The minimum absolute atomic E-state index is 0.0776. The molecule has 2 aromatic carbocycles. The van der Waals surface area contributed by atoms with E-state index in [0.717, 1.165) is 5.69 Å². The fraction of sp³-hybridized carbons (Fsp3) is 0.0909. The van der Waals surface area contributed by atoms with Crippen LogP contribution in [0.15, 0.2) is 60.8 Å². The van der Waals surface area contributed by atoms with Crippen molar-refractivity contribution >= 4 is 40.0 Å². The van der Waals surface area contributed by atoms with Crippen LogP contribution in [0.25, 0.3) is 16.7 Å². The van der Waals surface area contributed by atoms with Gasteiger partial charge in [-0.1, -0.05) is 41.9 Å². The Morgan fingerprint density at radius 3 is 2.55 bits per heavy atom. The predicted molar refractivity (Wildman–Crippen MR) is 113 cm³/mol. The van der Waals surface area contributed by atoms with Crippen LogP contribution in [0.1, 0.15) is 33.3 Å². The number of hydrogen-bond donors (Lipinski definition) is 1. The molecular weight excluding hydrogens is 388 g/mol. The van der Waals surface area contributed by atoms with E-state index >= 15 is 0 Å². The first-order valence-corrected chi connectivity index (χ1v) is 9.35. The van der Waals surface area contributed by atoms with Crippen molar-refractivity contribution in [2.75, 3.05) is 5.32 Å². The molecule has 0 aliphatic carbocycles. The topological polar surface area (TPSA) is 76.9 Å². The number of aromatic nitrogens is 3. The molecule has 144 valence electrons. The van der Waals surface area contributed by atoms with Gasteiger partial charge in [-0.3, -0.25) is 9.59 Å². The molecule has 0 spiro atoms. The summed E-state index contributed by atoms with van der Waals surface area (Å²) in [6.45, 7) is 3.30. The first kappa shape index (κ1) is 18.8. The lowest BCUT2D eigenvalue weighted by molar-refractivity contribution is 0.101. The summed E-state index contributed by atoms with van der Waals surface area (Å²) in [5, 5.41) is 8.22. The Bertz CT molecular complexity index is 1250. The lowest BCUT2D eigenvalue weighted by Gasteiger charge is -2.09. The molecule has 1 amide bonds. The Kier molecular flexibility index (Phi) is 4.86. The number of para-hydroxylation sites is 1. The summed E-state index contributed by atoms with van der Waals surface area (Å²) in [6, 6.07) is 16.3. The SMILES string of the molecule is CC(=O)c1cccc(NC(=O)c2cnc3c(c(C)nn3-c3ccccc3)c2Cl)c1. The molecule has 7 heteroatoms. The van der Waals surface area contributed by atoms with E-state index in [1.54, 1.807) is 28.9 Å². The summed E-state index contributed by atoms with van der Waals surface area (Å²) in [5.41, 5.74) is 3.37. The third-order valence-electron chi connectivity index (χ3n) is 4.58. The van der Waals surface area contributed by atoms with Crippen molar-refractivity contribution in [3.05, 3.63) is 82.6 Å². The summed E-state index contributed by atoms with van der Waals surface area (Å²) >= 11 is 6.58. The molecule has 0 aliphatic heterocycles. The third kappa shape index (κ3) is 3.50. The van der Waals surface area contributed by atoms with E-state index < -0.39 is 5.91 Å². The van der Waals surface area contributed by atoms with Gasteiger partial charge < -0.3 is 5.32 Å². The number of Topliss-reactive ketones (excluding diaryl/α,β-unsaturated/α-hetero) is 1. The number of ketones is 1. The van der Waals surface area contributed by atoms with Crippen molar-refractivity contribution < 1.29 is 9.59 Å². The highest BCUT2D eigenvalue weighted by molar-refractivity contribution is 6.39. The Morgan fingerprint density at radius 1 is 1.07 bits per heavy atom. The number of fused-ring (bicyclic) bond motifs is 1. The normalized spacial score (nSPS) is 10.9. The number of nitrogens with one attached hydrogen (secondary N) is 1. The van der Waals surface area contributed by atoms with Gasteiger partial charge in [0.15, 0.2) is 11.4 Å². The van der Waals surface area contributed by atoms with Gasteiger partial charge in [0.1, 0.15) is 0 Å². The second-order valence-electron chi connectivity index (χ2n) is 6.61. The smallest absolute Gasteiger partial charge is 0.258 e. The highest BCUT2D eigenvalue weighted by atomic mass is 35.5. The molecule has 2 aromatic heterocycles. The van der Waals surface area contributed by atoms with Gasteiger partial charge in [-0.2, -0.15) is 5.10 Å². The summed E-state index contributed by atoms with van der Waals surface area (Å²) in [4.78, 5) is 28.8. The zero-order valence-corrected chi connectivity index (χ0v) is 16.6. The molecule has 4 rings (SSSR count). The Hall–Kier alpha value is -3.51. The van der Waals surface area contributed by atoms with Crippen LogP contribution in [0, 0.1) is 6.92 Å².